The number of aromatic nitrogens is 2. The van der Waals surface area contributed by atoms with Crippen molar-refractivity contribution in [3.05, 3.63) is 53.9 Å². The first-order valence-electron chi connectivity index (χ1n) is 7.13. The number of hydrogen-bond donors (Lipinski definition) is 1. The maximum Gasteiger partial charge on any atom is 0.231 e. The molecule has 1 aliphatic rings. The lowest BCUT2D eigenvalue weighted by Gasteiger charge is -2.09. The Morgan fingerprint density at radius 2 is 1.95 bits per heavy atom. The third-order valence-corrected chi connectivity index (χ3v) is 3.69. The Balaban J connectivity index is 1.60. The van der Waals surface area contributed by atoms with Crippen molar-refractivity contribution in [3.8, 4) is 11.5 Å². The molecule has 0 fully saturated rings. The SMILES string of the molecule is Cc1ccc2ncnc(NCc3ccc4c(c3)OCO4)c2c1. The van der Waals surface area contributed by atoms with Crippen LogP contribution in [0.3, 0.4) is 0 Å². The Bertz CT molecular complexity index is 848. The van der Waals surface area contributed by atoms with Crippen LogP contribution in [0.25, 0.3) is 10.9 Å². The second kappa shape index (κ2) is 5.18. The summed E-state index contributed by atoms with van der Waals surface area (Å²) in [6, 6.07) is 12.1. The lowest BCUT2D eigenvalue weighted by Crippen LogP contribution is -2.02. The number of nitrogens with one attached hydrogen (secondary N) is 1. The fraction of sp³-hybridized carbons (Fsp3) is 0.176. The molecule has 0 radical (unpaired) electrons. The molecule has 110 valence electrons. The molecule has 1 N–H and O–H groups in total. The topological polar surface area (TPSA) is 56.3 Å². The molecule has 5 nitrogen and oxygen atoms in total. The van der Waals surface area contributed by atoms with Gasteiger partial charge < -0.3 is 14.8 Å². The molecule has 0 bridgehead atoms. The van der Waals surface area contributed by atoms with Gasteiger partial charge in [-0.2, -0.15) is 0 Å². The molecule has 0 amide bonds. The van der Waals surface area contributed by atoms with E-state index in [2.05, 4.69) is 34.3 Å². The minimum Gasteiger partial charge on any atom is -0.454 e. The van der Waals surface area contributed by atoms with E-state index in [1.807, 2.05) is 24.3 Å². The van der Waals surface area contributed by atoms with Gasteiger partial charge in [0.15, 0.2) is 11.5 Å². The number of rotatable bonds is 3. The third kappa shape index (κ3) is 2.30. The molecule has 0 saturated carbocycles. The average molecular weight is 293 g/mol. The lowest BCUT2D eigenvalue weighted by atomic mass is 10.1. The van der Waals surface area contributed by atoms with Crippen molar-refractivity contribution in [3.63, 3.8) is 0 Å². The minimum absolute atomic E-state index is 0.294. The molecular weight excluding hydrogens is 278 g/mol. The maximum absolute atomic E-state index is 5.40. The van der Waals surface area contributed by atoms with Gasteiger partial charge in [0.1, 0.15) is 12.1 Å². The van der Waals surface area contributed by atoms with E-state index >= 15 is 0 Å². The maximum atomic E-state index is 5.40. The molecule has 3 aromatic rings. The van der Waals surface area contributed by atoms with Crippen LogP contribution in [0.15, 0.2) is 42.7 Å². The number of hydrogen-bond acceptors (Lipinski definition) is 5. The van der Waals surface area contributed by atoms with Gasteiger partial charge >= 0.3 is 0 Å². The van der Waals surface area contributed by atoms with Gasteiger partial charge in [-0.05, 0) is 36.8 Å². The van der Waals surface area contributed by atoms with Crippen LogP contribution in [0.4, 0.5) is 5.82 Å². The molecule has 0 spiro atoms. The van der Waals surface area contributed by atoms with E-state index in [4.69, 9.17) is 9.47 Å². The van der Waals surface area contributed by atoms with Gasteiger partial charge in [-0.1, -0.05) is 17.7 Å². The van der Waals surface area contributed by atoms with Crippen LogP contribution in [0.5, 0.6) is 11.5 Å². The summed E-state index contributed by atoms with van der Waals surface area (Å²) < 4.78 is 10.7. The Morgan fingerprint density at radius 1 is 1.05 bits per heavy atom. The van der Waals surface area contributed by atoms with E-state index in [0.717, 1.165) is 33.8 Å². The molecule has 0 aliphatic carbocycles. The standard InChI is InChI=1S/C17H15N3O2/c1-11-2-4-14-13(6-11)17(20-9-19-14)18-8-12-3-5-15-16(7-12)22-10-21-15/h2-7,9H,8,10H2,1H3,(H,18,19,20). The second-order valence-electron chi connectivity index (χ2n) is 5.28. The first-order valence-corrected chi connectivity index (χ1v) is 7.13. The summed E-state index contributed by atoms with van der Waals surface area (Å²) in [4.78, 5) is 8.65. The predicted molar refractivity (Wildman–Crippen MR) is 84.2 cm³/mol. The predicted octanol–water partition coefficient (Wildman–Crippen LogP) is 3.28. The Labute approximate surface area is 127 Å². The zero-order valence-electron chi connectivity index (χ0n) is 12.2. The molecule has 1 aliphatic heterocycles. The fourth-order valence-electron chi connectivity index (χ4n) is 2.55. The van der Waals surface area contributed by atoms with Crippen LogP contribution >= 0.6 is 0 Å². The summed E-state index contributed by atoms with van der Waals surface area (Å²) in [6.07, 6.45) is 1.58. The molecule has 2 heterocycles. The van der Waals surface area contributed by atoms with Gasteiger partial charge in [0.25, 0.3) is 0 Å². The van der Waals surface area contributed by atoms with Gasteiger partial charge in [0, 0.05) is 11.9 Å². The number of aryl methyl sites for hydroxylation is 1. The minimum atomic E-state index is 0.294. The van der Waals surface area contributed by atoms with Gasteiger partial charge in [0.05, 0.1) is 5.52 Å². The van der Waals surface area contributed by atoms with Crippen molar-refractivity contribution < 1.29 is 9.47 Å². The smallest absolute Gasteiger partial charge is 0.231 e. The molecule has 2 aromatic carbocycles. The first-order chi connectivity index (χ1) is 10.8. The molecule has 0 unspecified atom stereocenters. The van der Waals surface area contributed by atoms with E-state index in [0.29, 0.717) is 13.3 Å². The summed E-state index contributed by atoms with van der Waals surface area (Å²) in [6.45, 7) is 3.02. The van der Waals surface area contributed by atoms with Crippen molar-refractivity contribution >= 4 is 16.7 Å². The van der Waals surface area contributed by atoms with Gasteiger partial charge in [-0.15, -0.1) is 0 Å². The summed E-state index contributed by atoms with van der Waals surface area (Å²) in [5, 5.41) is 4.41. The van der Waals surface area contributed by atoms with E-state index in [1.165, 1.54) is 5.56 Å². The molecule has 5 heteroatoms. The van der Waals surface area contributed by atoms with Crippen molar-refractivity contribution in [1.29, 1.82) is 0 Å². The molecular formula is C17H15N3O2. The quantitative estimate of drug-likeness (QED) is 0.803. The van der Waals surface area contributed by atoms with Crippen LogP contribution < -0.4 is 14.8 Å². The van der Waals surface area contributed by atoms with Crippen molar-refractivity contribution in [2.45, 2.75) is 13.5 Å². The second-order valence-corrected chi connectivity index (χ2v) is 5.28. The first kappa shape index (κ1) is 12.9. The van der Waals surface area contributed by atoms with E-state index < -0.39 is 0 Å². The Hall–Kier alpha value is -2.82. The van der Waals surface area contributed by atoms with Gasteiger partial charge in [-0.3, -0.25) is 0 Å². The zero-order valence-corrected chi connectivity index (χ0v) is 12.2. The fourth-order valence-corrected chi connectivity index (χ4v) is 2.55. The molecule has 22 heavy (non-hydrogen) atoms. The summed E-state index contributed by atoms with van der Waals surface area (Å²) in [5.74, 6) is 2.43. The zero-order chi connectivity index (χ0) is 14.9. The number of nitrogens with zero attached hydrogens (tertiary/aromatic N) is 2. The monoisotopic (exact) mass is 293 g/mol. The van der Waals surface area contributed by atoms with Crippen LogP contribution in [0.2, 0.25) is 0 Å². The van der Waals surface area contributed by atoms with Gasteiger partial charge in [-0.25, -0.2) is 9.97 Å². The van der Waals surface area contributed by atoms with Gasteiger partial charge in [0.2, 0.25) is 6.79 Å². The molecule has 0 saturated heterocycles. The van der Waals surface area contributed by atoms with Crippen molar-refractivity contribution in [1.82, 2.24) is 9.97 Å². The van der Waals surface area contributed by atoms with E-state index in [9.17, 15) is 0 Å². The molecule has 1 aromatic heterocycles. The van der Waals surface area contributed by atoms with E-state index in [1.54, 1.807) is 6.33 Å². The van der Waals surface area contributed by atoms with Crippen LogP contribution in [0.1, 0.15) is 11.1 Å². The van der Waals surface area contributed by atoms with Crippen molar-refractivity contribution in [2.75, 3.05) is 12.1 Å². The highest BCUT2D eigenvalue weighted by molar-refractivity contribution is 5.89. The lowest BCUT2D eigenvalue weighted by molar-refractivity contribution is 0.174. The number of anilines is 1. The summed E-state index contributed by atoms with van der Waals surface area (Å²) in [5.41, 5.74) is 3.24. The highest BCUT2D eigenvalue weighted by Gasteiger charge is 2.13. The molecule has 0 atom stereocenters. The highest BCUT2D eigenvalue weighted by Crippen LogP contribution is 2.32. The average Bonchev–Trinajstić information content (AvgIpc) is 3.00. The van der Waals surface area contributed by atoms with Crippen LogP contribution in [-0.2, 0) is 6.54 Å². The highest BCUT2D eigenvalue weighted by atomic mass is 16.7. The largest absolute Gasteiger partial charge is 0.454 e. The third-order valence-electron chi connectivity index (χ3n) is 3.69. The molecule has 4 rings (SSSR count). The number of fused-ring (bicyclic) bond motifs is 2. The normalized spacial score (nSPS) is 12.6. The number of benzene rings is 2. The van der Waals surface area contributed by atoms with E-state index in [-0.39, 0.29) is 0 Å². The summed E-state index contributed by atoms with van der Waals surface area (Å²) >= 11 is 0. The Morgan fingerprint density at radius 3 is 2.91 bits per heavy atom. The van der Waals surface area contributed by atoms with Crippen molar-refractivity contribution in [2.24, 2.45) is 0 Å². The number of ether oxygens (including phenoxy) is 2. The van der Waals surface area contributed by atoms with Crippen LogP contribution in [0, 0.1) is 6.92 Å². The van der Waals surface area contributed by atoms with Crippen LogP contribution in [-0.4, -0.2) is 16.8 Å². The summed E-state index contributed by atoms with van der Waals surface area (Å²) in [7, 11) is 0. The Kier molecular flexibility index (Phi) is 3.04.